The van der Waals surface area contributed by atoms with Gasteiger partial charge in [-0.15, -0.1) is 0 Å². The van der Waals surface area contributed by atoms with E-state index in [1.165, 1.54) is 0 Å². The summed E-state index contributed by atoms with van der Waals surface area (Å²) in [5.41, 5.74) is 9.93. The molecule has 1 aliphatic rings. The quantitative estimate of drug-likeness (QED) is 0.0756. The Labute approximate surface area is 227 Å². The number of hydrogen-bond donors (Lipinski definition) is 6. The van der Waals surface area contributed by atoms with Crippen molar-refractivity contribution in [3.8, 4) is 0 Å². The number of hydrogen-bond acceptors (Lipinski definition) is 6. The monoisotopic (exact) mass is 569 g/mol. The minimum Gasteiger partial charge on any atom is -0.385 e. The summed E-state index contributed by atoms with van der Waals surface area (Å²) in [6.45, 7) is 8.92. The topological polar surface area (TPSA) is 127 Å². The van der Waals surface area contributed by atoms with Gasteiger partial charge >= 0.3 is 0 Å². The maximum absolute atomic E-state index is 12.2. The number of benzene rings is 2. The number of allylic oxidation sites excluding steroid dienone is 1. The molecule has 1 unspecified atom stereocenters. The number of likely N-dealkylation sites (tertiary alicyclic amines) is 1. The van der Waals surface area contributed by atoms with Gasteiger partial charge in [0.2, 0.25) is 0 Å². The lowest BCUT2D eigenvalue weighted by molar-refractivity contribution is 0.0447. The molecule has 0 aromatic heterocycles. The Hall–Kier alpha value is -3.34. The van der Waals surface area contributed by atoms with Crippen molar-refractivity contribution in [3.05, 3.63) is 82.6 Å². The highest BCUT2D eigenvalue weighted by Crippen LogP contribution is 2.18. The normalized spacial score (nSPS) is 15.2. The molecule has 1 saturated heterocycles. The minimum atomic E-state index is -0.717. The summed E-state index contributed by atoms with van der Waals surface area (Å²) in [6.07, 6.45) is 3.79. The number of nitrogens with one attached hydrogen (secondary N) is 4. The molecule has 0 spiro atoms. The Bertz CT molecular complexity index is 1130. The van der Waals surface area contributed by atoms with Crippen LogP contribution < -0.4 is 27.0 Å². The first-order chi connectivity index (χ1) is 17.8. The molecule has 1 aliphatic heterocycles. The van der Waals surface area contributed by atoms with Gasteiger partial charge in [0.05, 0.1) is 4.48 Å². The molecule has 1 atom stereocenters. The van der Waals surface area contributed by atoms with Gasteiger partial charge in [0, 0.05) is 55.0 Å². The summed E-state index contributed by atoms with van der Waals surface area (Å²) in [5, 5.41) is 22.6. The van der Waals surface area contributed by atoms with Gasteiger partial charge in [-0.1, -0.05) is 30.3 Å². The Morgan fingerprint density at radius 2 is 1.86 bits per heavy atom. The smallest absolute Gasteiger partial charge is 0.251 e. The summed E-state index contributed by atoms with van der Waals surface area (Å²) in [7, 11) is 0. The number of guanidine groups is 1. The third kappa shape index (κ3) is 9.56. The van der Waals surface area contributed by atoms with E-state index in [2.05, 4.69) is 48.8 Å². The van der Waals surface area contributed by atoms with Crippen LogP contribution in [0.15, 0.2) is 76.5 Å². The van der Waals surface area contributed by atoms with Crippen LogP contribution in [0.3, 0.4) is 0 Å². The zero-order valence-electron chi connectivity index (χ0n) is 21.1. The first kappa shape index (κ1) is 28.2. The van der Waals surface area contributed by atoms with E-state index in [1.54, 1.807) is 12.3 Å². The molecular formula is C27H36BrN7O2. The van der Waals surface area contributed by atoms with Gasteiger partial charge in [-0.25, -0.2) is 4.99 Å². The van der Waals surface area contributed by atoms with Crippen molar-refractivity contribution in [2.75, 3.05) is 36.8 Å². The molecule has 198 valence electrons. The fourth-order valence-electron chi connectivity index (χ4n) is 3.80. The highest BCUT2D eigenvalue weighted by Gasteiger charge is 2.19. The van der Waals surface area contributed by atoms with Gasteiger partial charge in [-0.05, 0) is 72.4 Å². The average molecular weight is 571 g/mol. The highest BCUT2D eigenvalue weighted by molar-refractivity contribution is 9.12. The van der Waals surface area contributed by atoms with E-state index in [-0.39, 0.29) is 11.9 Å². The first-order valence-corrected chi connectivity index (χ1v) is 13.1. The molecule has 3 rings (SSSR count). The largest absolute Gasteiger partial charge is 0.385 e. The summed E-state index contributed by atoms with van der Waals surface area (Å²) < 4.78 is 0.658. The maximum Gasteiger partial charge on any atom is 0.251 e. The minimum absolute atomic E-state index is 0.0787. The van der Waals surface area contributed by atoms with Gasteiger partial charge in [-0.3, -0.25) is 9.69 Å². The van der Waals surface area contributed by atoms with Crippen LogP contribution in [0.4, 0.5) is 11.4 Å². The second kappa shape index (κ2) is 14.4. The van der Waals surface area contributed by atoms with E-state index >= 15 is 0 Å². The van der Waals surface area contributed by atoms with Gasteiger partial charge in [-0.2, -0.15) is 0 Å². The van der Waals surface area contributed by atoms with Crippen molar-refractivity contribution in [1.29, 1.82) is 0 Å². The first-order valence-electron chi connectivity index (χ1n) is 12.3. The Kier molecular flexibility index (Phi) is 11.0. The second-order valence-corrected chi connectivity index (χ2v) is 9.70. The zero-order chi connectivity index (χ0) is 26.6. The van der Waals surface area contributed by atoms with Crippen LogP contribution in [0.25, 0.3) is 0 Å². The van der Waals surface area contributed by atoms with E-state index in [4.69, 9.17) is 5.73 Å². The number of aryl methyl sites for hydroxylation is 1. The molecule has 0 radical (unpaired) electrons. The molecule has 1 heterocycles. The third-order valence-corrected chi connectivity index (χ3v) is 6.46. The lowest BCUT2D eigenvalue weighted by Gasteiger charge is -2.24. The molecular weight excluding hydrogens is 534 g/mol. The number of rotatable bonds is 12. The number of aliphatic hydroxyl groups is 1. The van der Waals surface area contributed by atoms with E-state index in [9.17, 15) is 9.90 Å². The molecule has 9 nitrogen and oxygen atoms in total. The summed E-state index contributed by atoms with van der Waals surface area (Å²) >= 11 is 3.45. The Balaban J connectivity index is 1.39. The summed E-state index contributed by atoms with van der Waals surface area (Å²) in [6, 6.07) is 15.0. The van der Waals surface area contributed by atoms with Crippen molar-refractivity contribution in [3.63, 3.8) is 0 Å². The fourth-order valence-corrected chi connectivity index (χ4v) is 4.04. The standard InChI is InChI=1S/C27H36BrN7O2/c1-19-8-5-9-21(16-19)25(36)31-13-7-12-30-20(2)24(28)18-32-26(29)33-22-10-6-11-23(17-22)34-27(37)35-14-3-4-15-35/h5-6,8-11,16-18,27,30,34,37H,2-4,7,12-15H2,1H3,(H,31,36)(H3,29,32,33)/b24-18+. The lowest BCUT2D eigenvalue weighted by atomic mass is 10.1. The molecule has 2 aromatic carbocycles. The number of nitrogens with zero attached hydrogens (tertiary/aromatic N) is 2. The van der Waals surface area contributed by atoms with Gasteiger partial charge in [0.15, 0.2) is 12.3 Å². The SMILES string of the molecule is C=C(NCCCNC(=O)c1cccc(C)c1)/C(Br)=C\N=C(N)Nc1cccc(NC(O)N2CCCC2)c1. The van der Waals surface area contributed by atoms with Crippen LogP contribution in [0, 0.1) is 6.92 Å². The van der Waals surface area contributed by atoms with Crippen molar-refractivity contribution >= 4 is 39.2 Å². The van der Waals surface area contributed by atoms with Gasteiger partial charge in [0.1, 0.15) is 0 Å². The van der Waals surface area contributed by atoms with Crippen LogP contribution in [0.2, 0.25) is 0 Å². The number of anilines is 2. The van der Waals surface area contributed by atoms with Gasteiger partial charge in [0.25, 0.3) is 5.91 Å². The van der Waals surface area contributed by atoms with Crippen molar-refractivity contribution in [1.82, 2.24) is 15.5 Å². The predicted octanol–water partition coefficient (Wildman–Crippen LogP) is 3.66. The number of nitrogens with two attached hydrogens (primary N) is 1. The van der Waals surface area contributed by atoms with Gasteiger partial charge < -0.3 is 32.1 Å². The zero-order valence-corrected chi connectivity index (χ0v) is 22.7. The molecule has 0 bridgehead atoms. The Morgan fingerprint density at radius 1 is 1.16 bits per heavy atom. The summed E-state index contributed by atoms with van der Waals surface area (Å²) in [5.74, 6) is 0.130. The average Bonchev–Trinajstić information content (AvgIpc) is 3.42. The van der Waals surface area contributed by atoms with Crippen molar-refractivity contribution in [2.45, 2.75) is 32.5 Å². The van der Waals surface area contributed by atoms with Crippen LogP contribution in [-0.4, -0.2) is 54.4 Å². The van der Waals surface area contributed by atoms with Crippen molar-refractivity contribution in [2.24, 2.45) is 10.7 Å². The lowest BCUT2D eigenvalue weighted by Crippen LogP contribution is -2.38. The van der Waals surface area contributed by atoms with Crippen LogP contribution in [-0.2, 0) is 0 Å². The molecule has 7 N–H and O–H groups in total. The van der Waals surface area contributed by atoms with Crippen molar-refractivity contribution < 1.29 is 9.90 Å². The molecule has 2 aromatic rings. The summed E-state index contributed by atoms with van der Waals surface area (Å²) in [4.78, 5) is 18.4. The number of carbonyl (C=O) groups excluding carboxylic acids is 1. The maximum atomic E-state index is 12.2. The highest BCUT2D eigenvalue weighted by atomic mass is 79.9. The molecule has 0 aliphatic carbocycles. The number of carbonyl (C=O) groups is 1. The van der Waals surface area contributed by atoms with Crippen LogP contribution in [0.1, 0.15) is 35.2 Å². The van der Waals surface area contributed by atoms with E-state index in [0.29, 0.717) is 28.8 Å². The van der Waals surface area contributed by atoms with E-state index in [0.717, 1.165) is 49.3 Å². The third-order valence-electron chi connectivity index (χ3n) is 5.78. The molecule has 1 amide bonds. The molecule has 1 fully saturated rings. The fraction of sp³-hybridized carbons (Fsp3) is 0.333. The number of aliphatic imine (C=N–C) groups is 1. The number of aliphatic hydroxyl groups excluding tert-OH is 1. The molecule has 10 heteroatoms. The molecule has 0 saturated carbocycles. The van der Waals surface area contributed by atoms with E-state index < -0.39 is 6.35 Å². The molecule has 37 heavy (non-hydrogen) atoms. The van der Waals surface area contributed by atoms with Crippen LogP contribution in [0.5, 0.6) is 0 Å². The van der Waals surface area contributed by atoms with Crippen LogP contribution >= 0.6 is 15.9 Å². The number of amides is 1. The Morgan fingerprint density at radius 3 is 2.62 bits per heavy atom. The number of halogens is 1. The van der Waals surface area contributed by atoms with E-state index in [1.807, 2.05) is 54.3 Å². The predicted molar refractivity (Wildman–Crippen MR) is 154 cm³/mol. The second-order valence-electron chi connectivity index (χ2n) is 8.84.